The Balaban J connectivity index is 2.01. The van der Waals surface area contributed by atoms with E-state index in [9.17, 15) is 4.39 Å². The number of hydrazine groups is 1. The maximum Gasteiger partial charge on any atom is 0.298 e. The van der Waals surface area contributed by atoms with Crippen molar-refractivity contribution in [2.24, 2.45) is 0 Å². The molecular formula is C15H19FN3O+. The molecule has 1 unspecified atom stereocenters. The second kappa shape index (κ2) is 6.37. The summed E-state index contributed by atoms with van der Waals surface area (Å²) >= 11 is 0. The molecule has 2 N–H and O–H groups in total. The van der Waals surface area contributed by atoms with Crippen LogP contribution in [-0.2, 0) is 4.74 Å². The van der Waals surface area contributed by atoms with Crippen LogP contribution in [0.5, 0.6) is 0 Å². The van der Waals surface area contributed by atoms with Crippen molar-refractivity contribution in [1.29, 1.82) is 0 Å². The smallest absolute Gasteiger partial charge is 0.298 e. The van der Waals surface area contributed by atoms with Gasteiger partial charge >= 0.3 is 0 Å². The molecule has 1 atom stereocenters. The third kappa shape index (κ3) is 3.47. The number of hydrogen-bond donors (Lipinski definition) is 2. The minimum Gasteiger partial charge on any atom is -0.500 e. The van der Waals surface area contributed by atoms with E-state index in [0.717, 1.165) is 11.3 Å². The molecule has 4 nitrogen and oxygen atoms in total. The molecule has 1 heterocycles. The van der Waals surface area contributed by atoms with E-state index in [1.165, 1.54) is 6.07 Å². The Hall–Kier alpha value is -2.10. The minimum atomic E-state index is -0.229. The number of allylic oxidation sites excluding steroid dienone is 1. The molecule has 1 aromatic carbocycles. The lowest BCUT2D eigenvalue weighted by Gasteiger charge is -2.14. The fourth-order valence-electron chi connectivity index (χ4n) is 1.92. The van der Waals surface area contributed by atoms with Gasteiger partial charge in [-0.2, -0.15) is 0 Å². The molecule has 0 radical (unpaired) electrons. The zero-order chi connectivity index (χ0) is 14.5. The minimum absolute atomic E-state index is 0.0250. The second-order valence-electron chi connectivity index (χ2n) is 4.78. The quantitative estimate of drug-likeness (QED) is 0.653. The standard InChI is InChI=1S/C15H19FN3O/c1-10-4-5-12(6-14(10)16)18-19-13-7-15(20-3)11(2)8-17-9-13/h4-6,8-9,13,18-19H,7H2,1-3H3/q+1. The molecule has 1 aliphatic heterocycles. The van der Waals surface area contributed by atoms with Crippen molar-refractivity contribution in [3.05, 3.63) is 40.9 Å². The number of nitrogens with one attached hydrogen (secondary N) is 2. The van der Waals surface area contributed by atoms with Gasteiger partial charge in [-0.15, -0.1) is 4.67 Å². The molecule has 0 saturated carbocycles. The number of aryl methyl sites for hydroxylation is 1. The van der Waals surface area contributed by atoms with Crippen LogP contribution in [0.3, 0.4) is 0 Å². The molecule has 1 aromatic rings. The van der Waals surface area contributed by atoms with Gasteiger partial charge in [0.2, 0.25) is 0 Å². The average molecular weight is 276 g/mol. The number of halogens is 1. The van der Waals surface area contributed by atoms with Gasteiger partial charge in [-0.3, -0.25) is 0 Å². The highest BCUT2D eigenvalue weighted by Crippen LogP contribution is 2.14. The zero-order valence-electron chi connectivity index (χ0n) is 11.9. The summed E-state index contributed by atoms with van der Waals surface area (Å²) < 4.78 is 23.0. The predicted molar refractivity (Wildman–Crippen MR) is 80.3 cm³/mol. The zero-order valence-corrected chi connectivity index (χ0v) is 11.9. The lowest BCUT2D eigenvalue weighted by molar-refractivity contribution is 0.270. The lowest BCUT2D eigenvalue weighted by atomic mass is 10.1. The molecular weight excluding hydrogens is 257 g/mol. The van der Waals surface area contributed by atoms with E-state index >= 15 is 0 Å². The number of benzene rings is 1. The van der Waals surface area contributed by atoms with E-state index in [4.69, 9.17) is 4.74 Å². The second-order valence-corrected chi connectivity index (χ2v) is 4.78. The highest BCUT2D eigenvalue weighted by molar-refractivity contribution is 5.83. The van der Waals surface area contributed by atoms with Crippen LogP contribution in [0.25, 0.3) is 0 Å². The van der Waals surface area contributed by atoms with Gasteiger partial charge in [0.05, 0.1) is 18.4 Å². The summed E-state index contributed by atoms with van der Waals surface area (Å²) in [5, 5.41) is 0. The molecule has 0 aliphatic carbocycles. The third-order valence-electron chi connectivity index (χ3n) is 3.20. The Labute approximate surface area is 118 Å². The Kier molecular flexibility index (Phi) is 4.56. The van der Waals surface area contributed by atoms with Gasteiger partial charge in [0.1, 0.15) is 17.6 Å². The van der Waals surface area contributed by atoms with Crippen LogP contribution >= 0.6 is 0 Å². The van der Waals surface area contributed by atoms with Crippen LogP contribution < -0.4 is 15.5 Å². The number of ether oxygens (including phenoxy) is 1. The Morgan fingerprint density at radius 3 is 2.85 bits per heavy atom. The van der Waals surface area contributed by atoms with Gasteiger partial charge in [-0.05, 0) is 31.5 Å². The summed E-state index contributed by atoms with van der Waals surface area (Å²) in [6, 6.07) is 4.99. The van der Waals surface area contributed by atoms with Crippen molar-refractivity contribution in [2.45, 2.75) is 26.3 Å². The van der Waals surface area contributed by atoms with Crippen LogP contribution in [0.1, 0.15) is 18.9 Å². The van der Waals surface area contributed by atoms with Gasteiger partial charge < -0.3 is 10.2 Å². The fraction of sp³-hybridized carbons (Fsp3) is 0.333. The summed E-state index contributed by atoms with van der Waals surface area (Å²) in [6.07, 6.45) is 4.25. The van der Waals surface area contributed by atoms with E-state index in [0.29, 0.717) is 17.7 Å². The first-order valence-electron chi connectivity index (χ1n) is 6.48. The van der Waals surface area contributed by atoms with Gasteiger partial charge in [-0.1, -0.05) is 6.07 Å². The highest BCUT2D eigenvalue weighted by atomic mass is 19.1. The average Bonchev–Trinajstić information content (AvgIpc) is 2.61. The Morgan fingerprint density at radius 1 is 1.35 bits per heavy atom. The molecule has 5 heteroatoms. The molecule has 0 fully saturated rings. The van der Waals surface area contributed by atoms with E-state index in [1.807, 2.05) is 13.0 Å². The molecule has 2 rings (SSSR count). The van der Waals surface area contributed by atoms with Crippen molar-refractivity contribution in [2.75, 3.05) is 12.5 Å². The van der Waals surface area contributed by atoms with Crippen LogP contribution in [0.15, 0.2) is 29.5 Å². The first kappa shape index (κ1) is 14.3. The molecule has 0 aromatic heterocycles. The molecule has 0 amide bonds. The van der Waals surface area contributed by atoms with Crippen LogP contribution in [-0.4, -0.2) is 25.6 Å². The van der Waals surface area contributed by atoms with Crippen molar-refractivity contribution in [3.63, 3.8) is 0 Å². The number of nitrogens with zero attached hydrogens (tertiary/aromatic N) is 1. The van der Waals surface area contributed by atoms with Gasteiger partial charge in [0, 0.05) is 6.42 Å². The molecule has 20 heavy (non-hydrogen) atoms. The lowest BCUT2D eigenvalue weighted by Crippen LogP contribution is -2.36. The molecule has 0 bridgehead atoms. The molecule has 106 valence electrons. The van der Waals surface area contributed by atoms with E-state index < -0.39 is 0 Å². The molecule has 0 saturated heterocycles. The number of methoxy groups -OCH3 is 1. The molecule has 0 spiro atoms. The summed E-state index contributed by atoms with van der Waals surface area (Å²) in [4.78, 5) is 0. The SMILES string of the molecule is COC1=C(C)C=[N+]=CC(NNc2ccc(C)c(F)c2)C1. The summed E-state index contributed by atoms with van der Waals surface area (Å²) in [5.74, 6) is 0.657. The van der Waals surface area contributed by atoms with Crippen molar-refractivity contribution < 1.29 is 9.13 Å². The van der Waals surface area contributed by atoms with E-state index in [2.05, 4.69) is 15.5 Å². The van der Waals surface area contributed by atoms with Gasteiger partial charge in [0.15, 0.2) is 0 Å². The van der Waals surface area contributed by atoms with Gasteiger partial charge in [-0.25, -0.2) is 9.82 Å². The monoisotopic (exact) mass is 276 g/mol. The highest BCUT2D eigenvalue weighted by Gasteiger charge is 2.18. The van der Waals surface area contributed by atoms with Gasteiger partial charge in [0.25, 0.3) is 12.4 Å². The number of rotatable bonds is 4. The maximum absolute atomic E-state index is 13.5. The van der Waals surface area contributed by atoms with Crippen molar-refractivity contribution in [3.8, 4) is 0 Å². The topological polar surface area (TPSA) is 47.4 Å². The van der Waals surface area contributed by atoms with Crippen LogP contribution in [0.2, 0.25) is 0 Å². The van der Waals surface area contributed by atoms with Crippen molar-refractivity contribution in [1.82, 2.24) is 10.1 Å². The summed E-state index contributed by atoms with van der Waals surface area (Å²) in [6.45, 7) is 3.69. The first-order chi connectivity index (χ1) is 9.60. The Bertz CT molecular complexity index is 589. The summed E-state index contributed by atoms with van der Waals surface area (Å²) in [5.41, 5.74) is 8.42. The number of hydrogen-bond acceptors (Lipinski definition) is 3. The predicted octanol–water partition coefficient (Wildman–Crippen LogP) is 1.95. The van der Waals surface area contributed by atoms with E-state index in [-0.39, 0.29) is 11.9 Å². The largest absolute Gasteiger partial charge is 0.500 e. The first-order valence-corrected chi connectivity index (χ1v) is 6.48. The Morgan fingerprint density at radius 2 is 2.15 bits per heavy atom. The van der Waals surface area contributed by atoms with Crippen LogP contribution in [0, 0.1) is 12.7 Å². The fourth-order valence-corrected chi connectivity index (χ4v) is 1.92. The third-order valence-corrected chi connectivity index (χ3v) is 3.20. The van der Waals surface area contributed by atoms with Crippen molar-refractivity contribution >= 4 is 18.1 Å². The van der Waals surface area contributed by atoms with E-state index in [1.54, 1.807) is 32.5 Å². The molecule has 1 aliphatic rings. The summed E-state index contributed by atoms with van der Waals surface area (Å²) in [7, 11) is 1.65. The van der Waals surface area contributed by atoms with Crippen LogP contribution in [0.4, 0.5) is 10.1 Å². The number of anilines is 1. The normalized spacial score (nSPS) is 18.1. The maximum atomic E-state index is 13.5.